The van der Waals surface area contributed by atoms with Crippen molar-refractivity contribution in [1.82, 2.24) is 14.9 Å². The van der Waals surface area contributed by atoms with Crippen LogP contribution in [0, 0.1) is 6.92 Å². The van der Waals surface area contributed by atoms with Gasteiger partial charge in [0.25, 0.3) is 0 Å². The number of rotatable bonds is 4. The molecule has 3 heterocycles. The lowest BCUT2D eigenvalue weighted by atomic mass is 10.0. The van der Waals surface area contributed by atoms with Crippen molar-refractivity contribution in [2.24, 2.45) is 0 Å². The maximum Gasteiger partial charge on any atom is 0.227 e. The number of carbonyl (C=O) groups is 1. The second-order valence-corrected chi connectivity index (χ2v) is 7.12. The average Bonchev–Trinajstić information content (AvgIpc) is 3.21. The average molecular weight is 331 g/mol. The van der Waals surface area contributed by atoms with Crippen LogP contribution in [0.5, 0.6) is 0 Å². The summed E-state index contributed by atoms with van der Waals surface area (Å²) >= 11 is 0. The van der Waals surface area contributed by atoms with Crippen molar-refractivity contribution in [3.8, 4) is 0 Å². The third-order valence-corrected chi connectivity index (χ3v) is 5.21. The van der Waals surface area contributed by atoms with Crippen LogP contribution < -0.4 is 9.80 Å². The first-order valence-electron chi connectivity index (χ1n) is 9.10. The van der Waals surface area contributed by atoms with E-state index in [1.165, 1.54) is 0 Å². The van der Waals surface area contributed by atoms with Crippen LogP contribution in [-0.4, -0.2) is 60.0 Å². The fourth-order valence-corrected chi connectivity index (χ4v) is 4.04. The molecule has 2 aliphatic rings. The minimum Gasteiger partial charge on any atom is -0.363 e. The molecule has 6 heteroatoms. The minimum atomic E-state index is 0.281. The second-order valence-electron chi connectivity index (χ2n) is 7.12. The van der Waals surface area contributed by atoms with Crippen LogP contribution in [0.2, 0.25) is 0 Å². The molecule has 0 aromatic carbocycles. The Hall–Kier alpha value is -1.85. The molecule has 1 aromatic rings. The number of carbonyl (C=O) groups excluding carboxylic acids is 1. The van der Waals surface area contributed by atoms with Gasteiger partial charge < -0.3 is 14.7 Å². The van der Waals surface area contributed by atoms with E-state index in [1.807, 2.05) is 38.9 Å². The lowest BCUT2D eigenvalue weighted by molar-refractivity contribution is -0.132. The molecular weight excluding hydrogens is 302 g/mol. The van der Waals surface area contributed by atoms with Crippen LogP contribution in [0.25, 0.3) is 0 Å². The molecule has 132 valence electrons. The van der Waals surface area contributed by atoms with Gasteiger partial charge in [-0.1, -0.05) is 6.92 Å². The normalized spacial score (nSPS) is 23.8. The van der Waals surface area contributed by atoms with E-state index < -0.39 is 0 Å². The van der Waals surface area contributed by atoms with Gasteiger partial charge in [-0.25, -0.2) is 4.98 Å². The van der Waals surface area contributed by atoms with Gasteiger partial charge in [0.15, 0.2) is 0 Å². The molecule has 2 aliphatic heterocycles. The summed E-state index contributed by atoms with van der Waals surface area (Å²) in [5.41, 5.74) is 0.988. The summed E-state index contributed by atoms with van der Waals surface area (Å²) in [7, 11) is 4.01. The van der Waals surface area contributed by atoms with Crippen LogP contribution in [0.1, 0.15) is 44.7 Å². The van der Waals surface area contributed by atoms with Crippen LogP contribution >= 0.6 is 0 Å². The lowest BCUT2D eigenvalue weighted by Gasteiger charge is -2.35. The van der Waals surface area contributed by atoms with Crippen molar-refractivity contribution in [2.75, 3.05) is 37.0 Å². The summed E-state index contributed by atoms with van der Waals surface area (Å²) in [6, 6.07) is 2.67. The van der Waals surface area contributed by atoms with E-state index in [1.54, 1.807) is 0 Å². The SMILES string of the molecule is CCC(=O)N1CCC[C@@H]1[C@@H]1CCCN1c1nc(C)cc(N(C)C)n1. The first kappa shape index (κ1) is 17.0. The monoisotopic (exact) mass is 331 g/mol. The Morgan fingerprint density at radius 1 is 1.21 bits per heavy atom. The molecule has 0 radical (unpaired) electrons. The van der Waals surface area contributed by atoms with Gasteiger partial charge in [0.1, 0.15) is 5.82 Å². The first-order valence-corrected chi connectivity index (χ1v) is 9.10. The molecule has 1 aromatic heterocycles. The quantitative estimate of drug-likeness (QED) is 0.847. The highest BCUT2D eigenvalue weighted by atomic mass is 16.2. The Balaban J connectivity index is 1.87. The van der Waals surface area contributed by atoms with E-state index in [0.717, 1.165) is 56.2 Å². The topological polar surface area (TPSA) is 52.6 Å². The van der Waals surface area contributed by atoms with Crippen molar-refractivity contribution in [3.05, 3.63) is 11.8 Å². The molecule has 2 fully saturated rings. The number of hydrogen-bond donors (Lipinski definition) is 0. The number of amides is 1. The predicted octanol–water partition coefficient (Wildman–Crippen LogP) is 2.22. The number of aromatic nitrogens is 2. The van der Waals surface area contributed by atoms with Gasteiger partial charge in [0, 0.05) is 45.4 Å². The molecule has 2 atom stereocenters. The number of aryl methyl sites for hydroxylation is 1. The zero-order valence-corrected chi connectivity index (χ0v) is 15.3. The number of anilines is 2. The zero-order chi connectivity index (χ0) is 17.3. The van der Waals surface area contributed by atoms with Crippen LogP contribution in [0.4, 0.5) is 11.8 Å². The van der Waals surface area contributed by atoms with E-state index in [2.05, 4.69) is 9.80 Å². The van der Waals surface area contributed by atoms with Crippen LogP contribution in [0.3, 0.4) is 0 Å². The molecule has 0 saturated carbocycles. The molecule has 1 amide bonds. The maximum absolute atomic E-state index is 12.3. The largest absolute Gasteiger partial charge is 0.363 e. The number of nitrogens with zero attached hydrogens (tertiary/aromatic N) is 5. The Kier molecular flexibility index (Phi) is 4.92. The summed E-state index contributed by atoms with van der Waals surface area (Å²) < 4.78 is 0. The van der Waals surface area contributed by atoms with E-state index in [4.69, 9.17) is 9.97 Å². The van der Waals surface area contributed by atoms with Crippen molar-refractivity contribution >= 4 is 17.7 Å². The van der Waals surface area contributed by atoms with E-state index >= 15 is 0 Å². The smallest absolute Gasteiger partial charge is 0.227 e. The minimum absolute atomic E-state index is 0.281. The Labute approximate surface area is 144 Å². The highest BCUT2D eigenvalue weighted by molar-refractivity contribution is 5.76. The zero-order valence-electron chi connectivity index (χ0n) is 15.3. The molecular formula is C18H29N5O. The van der Waals surface area contributed by atoms with Crippen molar-refractivity contribution in [1.29, 1.82) is 0 Å². The van der Waals surface area contributed by atoms with Gasteiger partial charge >= 0.3 is 0 Å². The van der Waals surface area contributed by atoms with E-state index in [-0.39, 0.29) is 5.91 Å². The van der Waals surface area contributed by atoms with Gasteiger partial charge in [-0.05, 0) is 32.6 Å². The van der Waals surface area contributed by atoms with Gasteiger partial charge in [0.05, 0.1) is 12.1 Å². The Morgan fingerprint density at radius 3 is 2.62 bits per heavy atom. The third-order valence-electron chi connectivity index (χ3n) is 5.21. The molecule has 0 N–H and O–H groups in total. The van der Waals surface area contributed by atoms with Gasteiger partial charge in [-0.2, -0.15) is 4.98 Å². The van der Waals surface area contributed by atoms with E-state index in [9.17, 15) is 4.79 Å². The number of hydrogen-bond acceptors (Lipinski definition) is 5. The second kappa shape index (κ2) is 6.95. The standard InChI is InChI=1S/C18H29N5O/c1-5-17(24)22-10-6-8-14(22)15-9-7-11-23(15)18-19-13(2)12-16(20-18)21(3)4/h12,14-15H,5-11H2,1-4H3/t14-,15+/m1/s1. The third kappa shape index (κ3) is 3.19. The van der Waals surface area contributed by atoms with Gasteiger partial charge in [-0.3, -0.25) is 4.79 Å². The molecule has 3 rings (SSSR count). The summed E-state index contributed by atoms with van der Waals surface area (Å²) in [6.07, 6.45) is 5.06. The summed E-state index contributed by atoms with van der Waals surface area (Å²) in [6.45, 7) is 5.86. The first-order chi connectivity index (χ1) is 11.5. The molecule has 0 unspecified atom stereocenters. The van der Waals surface area contributed by atoms with Crippen molar-refractivity contribution in [3.63, 3.8) is 0 Å². The Bertz CT molecular complexity index is 603. The highest BCUT2D eigenvalue weighted by Crippen LogP contribution is 2.33. The van der Waals surface area contributed by atoms with Gasteiger partial charge in [0.2, 0.25) is 11.9 Å². The van der Waals surface area contributed by atoms with Gasteiger partial charge in [-0.15, -0.1) is 0 Å². The van der Waals surface area contributed by atoms with E-state index in [0.29, 0.717) is 18.5 Å². The fraction of sp³-hybridized carbons (Fsp3) is 0.722. The predicted molar refractivity (Wildman–Crippen MR) is 96.5 cm³/mol. The van der Waals surface area contributed by atoms with Crippen molar-refractivity contribution in [2.45, 2.75) is 58.0 Å². The fourth-order valence-electron chi connectivity index (χ4n) is 4.04. The summed E-state index contributed by atoms with van der Waals surface area (Å²) in [5, 5.41) is 0. The molecule has 0 spiro atoms. The molecule has 0 bridgehead atoms. The molecule has 24 heavy (non-hydrogen) atoms. The summed E-state index contributed by atoms with van der Waals surface area (Å²) in [4.78, 5) is 28.2. The van der Waals surface area contributed by atoms with Crippen LogP contribution in [0.15, 0.2) is 6.07 Å². The molecule has 2 saturated heterocycles. The van der Waals surface area contributed by atoms with Crippen molar-refractivity contribution < 1.29 is 4.79 Å². The summed E-state index contributed by atoms with van der Waals surface area (Å²) in [5.74, 6) is 2.04. The van der Waals surface area contributed by atoms with Crippen LogP contribution in [-0.2, 0) is 4.79 Å². The highest BCUT2D eigenvalue weighted by Gasteiger charge is 2.40. The maximum atomic E-state index is 12.3. The lowest BCUT2D eigenvalue weighted by Crippen LogP contribution is -2.48. The number of likely N-dealkylation sites (tertiary alicyclic amines) is 1. The molecule has 6 nitrogen and oxygen atoms in total. The molecule has 0 aliphatic carbocycles. The Morgan fingerprint density at radius 2 is 1.92 bits per heavy atom.